The Morgan fingerprint density at radius 3 is 2.41 bits per heavy atom. The van der Waals surface area contributed by atoms with Gasteiger partial charge < -0.3 is 15.0 Å². The molecule has 0 radical (unpaired) electrons. The van der Waals surface area contributed by atoms with Crippen LogP contribution in [0.3, 0.4) is 0 Å². The number of nitrogens with zero attached hydrogens (tertiary/aromatic N) is 2. The predicted molar refractivity (Wildman–Crippen MR) is 61.6 cm³/mol. The molecule has 0 aromatic rings. The molecule has 2 aliphatic rings. The number of ether oxygens (including phenoxy) is 1. The van der Waals surface area contributed by atoms with E-state index < -0.39 is 0 Å². The predicted octanol–water partition coefficient (Wildman–Crippen LogP) is -0.351. The quantitative estimate of drug-likeness (QED) is 0.733. The monoisotopic (exact) mass is 241 g/mol. The third-order valence-electron chi connectivity index (χ3n) is 3.11. The molecule has 1 aliphatic carbocycles. The summed E-state index contributed by atoms with van der Waals surface area (Å²) in [6, 6.07) is 0.416. The minimum absolute atomic E-state index is 0.0963. The normalized spacial score (nSPS) is 21.1. The zero-order valence-corrected chi connectivity index (χ0v) is 10.1. The fraction of sp³-hybridized carbons (Fsp3) is 0.818. The largest absolute Gasteiger partial charge is 0.453 e. The van der Waals surface area contributed by atoms with E-state index in [9.17, 15) is 9.59 Å². The number of hydrogen-bond donors (Lipinski definition) is 1. The average molecular weight is 241 g/mol. The highest BCUT2D eigenvalue weighted by molar-refractivity contribution is 5.78. The van der Waals surface area contributed by atoms with Gasteiger partial charge in [0.2, 0.25) is 5.91 Å². The molecule has 0 spiro atoms. The van der Waals surface area contributed by atoms with Gasteiger partial charge in [-0.05, 0) is 12.8 Å². The Hall–Kier alpha value is -1.30. The Morgan fingerprint density at radius 1 is 1.24 bits per heavy atom. The fourth-order valence-corrected chi connectivity index (χ4v) is 1.92. The van der Waals surface area contributed by atoms with Gasteiger partial charge in [0.15, 0.2) is 0 Å². The van der Waals surface area contributed by atoms with Crippen molar-refractivity contribution in [3.05, 3.63) is 0 Å². The summed E-state index contributed by atoms with van der Waals surface area (Å²) in [4.78, 5) is 26.6. The Balaban J connectivity index is 1.67. The van der Waals surface area contributed by atoms with Crippen molar-refractivity contribution in [3.8, 4) is 0 Å². The summed E-state index contributed by atoms with van der Waals surface area (Å²) in [5, 5.41) is 2.96. The summed E-state index contributed by atoms with van der Waals surface area (Å²) in [6.07, 6.45) is 1.94. The lowest BCUT2D eigenvalue weighted by Crippen LogP contribution is -2.51. The molecule has 2 fully saturated rings. The Morgan fingerprint density at radius 2 is 1.88 bits per heavy atom. The van der Waals surface area contributed by atoms with E-state index in [1.54, 1.807) is 4.90 Å². The van der Waals surface area contributed by atoms with Crippen molar-refractivity contribution in [2.45, 2.75) is 18.9 Å². The van der Waals surface area contributed by atoms with E-state index in [0.717, 1.165) is 25.9 Å². The standard InChI is InChI=1S/C11H19N3O3/c1-17-11(16)14-6-4-13(5-7-14)8-10(15)12-9-2-3-9/h9H,2-8H2,1H3,(H,12,15). The highest BCUT2D eigenvalue weighted by atomic mass is 16.5. The number of amides is 2. The van der Waals surface area contributed by atoms with Crippen LogP contribution in [0.5, 0.6) is 0 Å². The van der Waals surface area contributed by atoms with Gasteiger partial charge in [-0.1, -0.05) is 0 Å². The van der Waals surface area contributed by atoms with E-state index in [4.69, 9.17) is 0 Å². The maximum absolute atomic E-state index is 11.6. The molecule has 96 valence electrons. The van der Waals surface area contributed by atoms with Crippen LogP contribution in [0.15, 0.2) is 0 Å². The number of hydrogen-bond acceptors (Lipinski definition) is 4. The number of rotatable bonds is 3. The van der Waals surface area contributed by atoms with Gasteiger partial charge in [0.05, 0.1) is 13.7 Å². The molecule has 6 nitrogen and oxygen atoms in total. The lowest BCUT2D eigenvalue weighted by Gasteiger charge is -2.33. The zero-order valence-electron chi connectivity index (χ0n) is 10.1. The van der Waals surface area contributed by atoms with Crippen LogP contribution < -0.4 is 5.32 Å². The molecule has 6 heteroatoms. The van der Waals surface area contributed by atoms with Gasteiger partial charge in [-0.3, -0.25) is 9.69 Å². The molecule has 1 saturated heterocycles. The van der Waals surface area contributed by atoms with Crippen molar-refractivity contribution < 1.29 is 14.3 Å². The van der Waals surface area contributed by atoms with Crippen molar-refractivity contribution in [2.75, 3.05) is 39.8 Å². The Labute approximate surface area is 101 Å². The molecular weight excluding hydrogens is 222 g/mol. The van der Waals surface area contributed by atoms with Gasteiger partial charge in [-0.25, -0.2) is 4.79 Å². The number of nitrogens with one attached hydrogen (secondary N) is 1. The van der Waals surface area contributed by atoms with E-state index in [2.05, 4.69) is 15.0 Å². The summed E-state index contributed by atoms with van der Waals surface area (Å²) in [5.41, 5.74) is 0. The lowest BCUT2D eigenvalue weighted by atomic mass is 10.3. The first-order valence-electron chi connectivity index (χ1n) is 6.03. The van der Waals surface area contributed by atoms with Crippen molar-refractivity contribution in [2.24, 2.45) is 0 Å². The van der Waals surface area contributed by atoms with E-state index in [1.165, 1.54) is 7.11 Å². The van der Waals surface area contributed by atoms with Crippen LogP contribution in [0.1, 0.15) is 12.8 Å². The first-order valence-corrected chi connectivity index (χ1v) is 6.03. The molecule has 0 unspecified atom stereocenters. The summed E-state index contributed by atoms with van der Waals surface area (Å²) in [6.45, 7) is 3.15. The van der Waals surface area contributed by atoms with Crippen molar-refractivity contribution in [3.63, 3.8) is 0 Å². The highest BCUT2D eigenvalue weighted by Crippen LogP contribution is 2.18. The maximum Gasteiger partial charge on any atom is 0.409 e. The van der Waals surface area contributed by atoms with Crippen LogP contribution >= 0.6 is 0 Å². The first-order chi connectivity index (χ1) is 8.19. The minimum atomic E-state index is -0.285. The highest BCUT2D eigenvalue weighted by Gasteiger charge is 2.26. The van der Waals surface area contributed by atoms with Gasteiger partial charge in [-0.2, -0.15) is 0 Å². The van der Waals surface area contributed by atoms with Gasteiger partial charge in [0, 0.05) is 32.2 Å². The average Bonchev–Trinajstić information content (AvgIpc) is 3.12. The SMILES string of the molecule is COC(=O)N1CCN(CC(=O)NC2CC2)CC1. The molecule has 1 heterocycles. The van der Waals surface area contributed by atoms with Crippen molar-refractivity contribution in [1.82, 2.24) is 15.1 Å². The van der Waals surface area contributed by atoms with E-state index in [0.29, 0.717) is 25.7 Å². The van der Waals surface area contributed by atoms with E-state index >= 15 is 0 Å². The van der Waals surface area contributed by atoms with Gasteiger partial charge >= 0.3 is 6.09 Å². The number of piperazine rings is 1. The lowest BCUT2D eigenvalue weighted by molar-refractivity contribution is -0.122. The van der Waals surface area contributed by atoms with E-state index in [-0.39, 0.29) is 12.0 Å². The fourth-order valence-electron chi connectivity index (χ4n) is 1.92. The molecule has 2 rings (SSSR count). The molecular formula is C11H19N3O3. The smallest absolute Gasteiger partial charge is 0.409 e. The van der Waals surface area contributed by atoms with Gasteiger partial charge in [-0.15, -0.1) is 0 Å². The van der Waals surface area contributed by atoms with Crippen LogP contribution in [0.25, 0.3) is 0 Å². The molecule has 17 heavy (non-hydrogen) atoms. The second kappa shape index (κ2) is 5.35. The second-order valence-corrected chi connectivity index (χ2v) is 4.58. The van der Waals surface area contributed by atoms with Crippen LogP contribution in [0, 0.1) is 0 Å². The number of methoxy groups -OCH3 is 1. The van der Waals surface area contributed by atoms with Crippen molar-refractivity contribution in [1.29, 1.82) is 0 Å². The molecule has 2 amide bonds. The first kappa shape index (κ1) is 12.2. The van der Waals surface area contributed by atoms with Gasteiger partial charge in [0.1, 0.15) is 0 Å². The molecule has 0 aromatic carbocycles. The Kier molecular flexibility index (Phi) is 3.83. The summed E-state index contributed by atoms with van der Waals surface area (Å²) < 4.78 is 4.66. The minimum Gasteiger partial charge on any atom is -0.453 e. The maximum atomic E-state index is 11.6. The number of carbonyl (C=O) groups excluding carboxylic acids is 2. The van der Waals surface area contributed by atoms with Crippen LogP contribution in [-0.2, 0) is 9.53 Å². The number of carbonyl (C=O) groups is 2. The molecule has 1 saturated carbocycles. The van der Waals surface area contributed by atoms with Gasteiger partial charge in [0.25, 0.3) is 0 Å². The summed E-state index contributed by atoms with van der Waals surface area (Å²) in [5.74, 6) is 0.0963. The third kappa shape index (κ3) is 3.59. The summed E-state index contributed by atoms with van der Waals surface area (Å²) >= 11 is 0. The molecule has 1 aliphatic heterocycles. The topological polar surface area (TPSA) is 61.9 Å². The van der Waals surface area contributed by atoms with Crippen LogP contribution in [0.2, 0.25) is 0 Å². The van der Waals surface area contributed by atoms with Crippen LogP contribution in [-0.4, -0.2) is 67.7 Å². The molecule has 0 atom stereocenters. The third-order valence-corrected chi connectivity index (χ3v) is 3.11. The van der Waals surface area contributed by atoms with E-state index in [1.807, 2.05) is 0 Å². The van der Waals surface area contributed by atoms with Crippen LogP contribution in [0.4, 0.5) is 4.79 Å². The zero-order chi connectivity index (χ0) is 12.3. The summed E-state index contributed by atoms with van der Waals surface area (Å²) in [7, 11) is 1.39. The Bertz CT molecular complexity index is 296. The molecule has 0 aromatic heterocycles. The van der Waals surface area contributed by atoms with Crippen molar-refractivity contribution >= 4 is 12.0 Å². The molecule has 0 bridgehead atoms. The second-order valence-electron chi connectivity index (χ2n) is 4.58. The molecule has 1 N–H and O–H groups in total.